The van der Waals surface area contributed by atoms with Gasteiger partial charge in [0.15, 0.2) is 0 Å². The summed E-state index contributed by atoms with van der Waals surface area (Å²) in [6.45, 7) is 1.37. The number of rotatable bonds is 3. The Morgan fingerprint density at radius 3 is 2.85 bits per heavy atom. The van der Waals surface area contributed by atoms with Crippen molar-refractivity contribution in [3.05, 3.63) is 65.9 Å². The van der Waals surface area contributed by atoms with Gasteiger partial charge in [0.05, 0.1) is 11.1 Å². The minimum Gasteiger partial charge on any atom is -0.369 e. The van der Waals surface area contributed by atoms with E-state index in [2.05, 4.69) is 14.9 Å². The minimum absolute atomic E-state index is 0.101. The van der Waals surface area contributed by atoms with Crippen molar-refractivity contribution in [1.82, 2.24) is 9.97 Å². The normalized spacial score (nSPS) is 20.0. The molecule has 1 aromatic heterocycles. The Hall–Kier alpha value is -3.06. The van der Waals surface area contributed by atoms with Crippen molar-refractivity contribution in [3.8, 4) is 0 Å². The molecule has 1 aliphatic rings. The Labute approximate surface area is 156 Å². The first-order valence-electron chi connectivity index (χ1n) is 8.83. The Balaban J connectivity index is 1.65. The molecule has 27 heavy (non-hydrogen) atoms. The molecule has 0 bridgehead atoms. The fourth-order valence-corrected chi connectivity index (χ4v) is 3.89. The van der Waals surface area contributed by atoms with Gasteiger partial charge < -0.3 is 16.4 Å². The lowest BCUT2D eigenvalue weighted by Crippen LogP contribution is -2.47. The van der Waals surface area contributed by atoms with Crippen molar-refractivity contribution in [1.29, 1.82) is 0 Å². The number of anilines is 1. The zero-order valence-electron chi connectivity index (χ0n) is 14.7. The summed E-state index contributed by atoms with van der Waals surface area (Å²) >= 11 is 0. The summed E-state index contributed by atoms with van der Waals surface area (Å²) in [6, 6.07) is 10.1. The second-order valence-electron chi connectivity index (χ2n) is 6.84. The van der Waals surface area contributed by atoms with Crippen LogP contribution in [-0.4, -0.2) is 35.0 Å². The summed E-state index contributed by atoms with van der Waals surface area (Å²) in [6.07, 6.45) is 3.89. The topological polar surface area (TPSA) is 98.1 Å². The van der Waals surface area contributed by atoms with Gasteiger partial charge in [0, 0.05) is 42.3 Å². The summed E-state index contributed by atoms with van der Waals surface area (Å²) in [7, 11) is 0. The molecular weight excluding hydrogens is 345 g/mol. The predicted molar refractivity (Wildman–Crippen MR) is 102 cm³/mol. The highest BCUT2D eigenvalue weighted by molar-refractivity contribution is 6.07. The number of carbonyl (C=O) groups is 1. The number of aromatic nitrogens is 2. The van der Waals surface area contributed by atoms with E-state index in [9.17, 15) is 9.18 Å². The zero-order valence-corrected chi connectivity index (χ0v) is 14.7. The Morgan fingerprint density at radius 2 is 2.11 bits per heavy atom. The summed E-state index contributed by atoms with van der Waals surface area (Å²) in [5.41, 5.74) is 14.7. The highest BCUT2D eigenvalue weighted by Crippen LogP contribution is 2.33. The second kappa shape index (κ2) is 6.92. The average Bonchev–Trinajstić information content (AvgIpc) is 2.67. The number of primary amides is 1. The summed E-state index contributed by atoms with van der Waals surface area (Å²) < 4.78 is 13.6. The van der Waals surface area contributed by atoms with Crippen molar-refractivity contribution in [3.63, 3.8) is 0 Å². The first-order chi connectivity index (χ1) is 13.0. The number of nitrogens with zero attached hydrogens (tertiary/aromatic N) is 3. The van der Waals surface area contributed by atoms with E-state index >= 15 is 0 Å². The first kappa shape index (κ1) is 17.4. The zero-order chi connectivity index (χ0) is 19.0. The van der Waals surface area contributed by atoms with E-state index < -0.39 is 5.91 Å². The second-order valence-corrected chi connectivity index (χ2v) is 6.84. The van der Waals surface area contributed by atoms with E-state index in [1.54, 1.807) is 24.4 Å². The molecular formula is C20H20FN5O. The third-order valence-corrected chi connectivity index (χ3v) is 5.19. The molecule has 3 aromatic rings. The fourth-order valence-electron chi connectivity index (χ4n) is 3.89. The van der Waals surface area contributed by atoms with E-state index in [1.807, 2.05) is 12.1 Å². The van der Waals surface area contributed by atoms with E-state index in [-0.39, 0.29) is 17.8 Å². The summed E-state index contributed by atoms with van der Waals surface area (Å²) in [4.78, 5) is 22.2. The molecule has 0 radical (unpaired) electrons. The molecule has 138 valence electrons. The molecule has 0 saturated carbocycles. The molecule has 1 aliphatic heterocycles. The van der Waals surface area contributed by atoms with Crippen LogP contribution in [0.5, 0.6) is 0 Å². The van der Waals surface area contributed by atoms with Crippen molar-refractivity contribution in [2.45, 2.75) is 18.4 Å². The largest absolute Gasteiger partial charge is 0.369 e. The van der Waals surface area contributed by atoms with Crippen LogP contribution in [0.15, 0.2) is 48.9 Å². The van der Waals surface area contributed by atoms with Crippen molar-refractivity contribution >= 4 is 22.5 Å². The van der Waals surface area contributed by atoms with Crippen LogP contribution in [-0.2, 0) is 0 Å². The highest BCUT2D eigenvalue weighted by atomic mass is 19.1. The molecule has 0 aliphatic carbocycles. The smallest absolute Gasteiger partial charge is 0.250 e. The predicted octanol–water partition coefficient (Wildman–Crippen LogP) is 2.19. The molecule has 1 amide bonds. The molecule has 1 fully saturated rings. The molecule has 2 aromatic carbocycles. The summed E-state index contributed by atoms with van der Waals surface area (Å²) in [5.74, 6) is -0.663. The molecule has 6 nitrogen and oxygen atoms in total. The lowest BCUT2D eigenvalue weighted by Gasteiger charge is -2.38. The Kier molecular flexibility index (Phi) is 4.45. The van der Waals surface area contributed by atoms with E-state index in [0.717, 1.165) is 29.6 Å². The maximum absolute atomic E-state index is 13.6. The number of nitrogens with two attached hydrogens (primary N) is 2. The van der Waals surface area contributed by atoms with Crippen LogP contribution in [0, 0.1) is 5.82 Å². The Morgan fingerprint density at radius 1 is 1.26 bits per heavy atom. The number of carbonyl (C=O) groups excluding carboxylic acids is 1. The van der Waals surface area contributed by atoms with Crippen LogP contribution in [0.3, 0.4) is 0 Å². The molecule has 0 unspecified atom stereocenters. The van der Waals surface area contributed by atoms with Gasteiger partial charge in [-0.1, -0.05) is 12.1 Å². The van der Waals surface area contributed by atoms with Crippen LogP contribution >= 0.6 is 0 Å². The summed E-state index contributed by atoms with van der Waals surface area (Å²) in [5, 5.41) is 0.769. The van der Waals surface area contributed by atoms with Gasteiger partial charge in [0.2, 0.25) is 0 Å². The van der Waals surface area contributed by atoms with Gasteiger partial charge in [-0.05, 0) is 36.2 Å². The molecule has 2 atom stereocenters. The molecule has 1 saturated heterocycles. The van der Waals surface area contributed by atoms with Crippen LogP contribution in [0.4, 0.5) is 10.1 Å². The lowest BCUT2D eigenvalue weighted by atomic mass is 9.85. The van der Waals surface area contributed by atoms with Gasteiger partial charge in [-0.25, -0.2) is 14.4 Å². The van der Waals surface area contributed by atoms with Gasteiger partial charge >= 0.3 is 0 Å². The molecule has 2 heterocycles. The van der Waals surface area contributed by atoms with Crippen LogP contribution in [0.25, 0.3) is 10.9 Å². The van der Waals surface area contributed by atoms with Gasteiger partial charge in [-0.3, -0.25) is 4.79 Å². The fraction of sp³-hybridized carbons (Fsp3) is 0.250. The number of amides is 1. The molecule has 4 N–H and O–H groups in total. The SMILES string of the molecule is NC(=O)c1ccc(N2CC[C@H](c3cccc(F)c3)[C@H](N)C2)c2cncnc12. The van der Waals surface area contributed by atoms with Gasteiger partial charge in [0.1, 0.15) is 12.1 Å². The number of halogens is 1. The minimum atomic E-state index is -0.522. The molecule has 7 heteroatoms. The third-order valence-electron chi connectivity index (χ3n) is 5.19. The monoisotopic (exact) mass is 365 g/mol. The van der Waals surface area contributed by atoms with Crippen molar-refractivity contribution in [2.24, 2.45) is 11.5 Å². The standard InChI is InChI=1S/C20H20FN5O/c21-13-3-1-2-12(8-13)14-6-7-26(10-17(14)22)18-5-4-15(20(23)27)19-16(18)9-24-11-25-19/h1-5,8-9,11,14,17H,6-7,10,22H2,(H2,23,27)/t14-,17-/m1/s1. The van der Waals surface area contributed by atoms with Crippen molar-refractivity contribution < 1.29 is 9.18 Å². The number of fused-ring (bicyclic) bond motifs is 1. The highest BCUT2D eigenvalue weighted by Gasteiger charge is 2.29. The van der Waals surface area contributed by atoms with Crippen molar-refractivity contribution in [2.75, 3.05) is 18.0 Å². The van der Waals surface area contributed by atoms with Gasteiger partial charge in [-0.2, -0.15) is 0 Å². The van der Waals surface area contributed by atoms with Gasteiger partial charge in [-0.15, -0.1) is 0 Å². The number of piperidine rings is 1. The van der Waals surface area contributed by atoms with Crippen LogP contribution in [0.2, 0.25) is 0 Å². The maximum atomic E-state index is 13.6. The molecule has 4 rings (SSSR count). The van der Waals surface area contributed by atoms with Gasteiger partial charge in [0.25, 0.3) is 5.91 Å². The number of hydrogen-bond donors (Lipinski definition) is 2. The third kappa shape index (κ3) is 3.21. The van der Waals surface area contributed by atoms with E-state index in [1.165, 1.54) is 12.4 Å². The lowest BCUT2D eigenvalue weighted by molar-refractivity contribution is 0.100. The first-order valence-corrected chi connectivity index (χ1v) is 8.83. The molecule has 0 spiro atoms. The van der Waals surface area contributed by atoms with Crippen LogP contribution in [0.1, 0.15) is 28.3 Å². The quantitative estimate of drug-likeness (QED) is 0.741. The number of hydrogen-bond acceptors (Lipinski definition) is 5. The maximum Gasteiger partial charge on any atom is 0.250 e. The van der Waals surface area contributed by atoms with E-state index in [0.29, 0.717) is 17.6 Å². The average molecular weight is 365 g/mol. The number of benzene rings is 2. The van der Waals surface area contributed by atoms with Crippen LogP contribution < -0.4 is 16.4 Å². The van der Waals surface area contributed by atoms with E-state index in [4.69, 9.17) is 11.5 Å². The Bertz CT molecular complexity index is 1010.